The molecular formula is C14H23NO2. The van der Waals surface area contributed by atoms with E-state index < -0.39 is 5.60 Å². The smallest absolute Gasteiger partial charge is 0.410 e. The van der Waals surface area contributed by atoms with Crippen LogP contribution in [0.3, 0.4) is 0 Å². The van der Waals surface area contributed by atoms with Crippen molar-refractivity contribution in [1.29, 1.82) is 0 Å². The van der Waals surface area contributed by atoms with Crippen molar-refractivity contribution < 1.29 is 9.53 Å². The van der Waals surface area contributed by atoms with Gasteiger partial charge in [0.2, 0.25) is 0 Å². The molecule has 0 aromatic rings. The average Bonchev–Trinajstić information content (AvgIpc) is 2.26. The zero-order chi connectivity index (χ0) is 13.1. The van der Waals surface area contributed by atoms with Gasteiger partial charge in [-0.3, -0.25) is 0 Å². The topological polar surface area (TPSA) is 29.5 Å². The number of piperidine rings is 1. The number of amides is 1. The molecule has 1 amide bonds. The first kappa shape index (κ1) is 13.9. The fraction of sp³-hybridized carbons (Fsp3) is 0.786. The molecule has 0 aliphatic carbocycles. The van der Waals surface area contributed by atoms with Crippen LogP contribution in [0.15, 0.2) is 0 Å². The van der Waals surface area contributed by atoms with Gasteiger partial charge in [-0.25, -0.2) is 4.79 Å². The molecule has 1 aliphatic heterocycles. The molecule has 3 nitrogen and oxygen atoms in total. The fourth-order valence-corrected chi connectivity index (χ4v) is 2.05. The molecule has 96 valence electrons. The summed E-state index contributed by atoms with van der Waals surface area (Å²) < 4.78 is 5.37. The van der Waals surface area contributed by atoms with Gasteiger partial charge in [0.25, 0.3) is 0 Å². The van der Waals surface area contributed by atoms with Crippen molar-refractivity contribution in [3.8, 4) is 12.3 Å². The van der Waals surface area contributed by atoms with Gasteiger partial charge in [0.05, 0.1) is 0 Å². The maximum absolute atomic E-state index is 11.9. The lowest BCUT2D eigenvalue weighted by molar-refractivity contribution is 0.0149. The van der Waals surface area contributed by atoms with E-state index >= 15 is 0 Å². The summed E-state index contributed by atoms with van der Waals surface area (Å²) in [5, 5.41) is 0. The van der Waals surface area contributed by atoms with Gasteiger partial charge in [-0.05, 0) is 39.5 Å². The van der Waals surface area contributed by atoms with Crippen molar-refractivity contribution in [2.75, 3.05) is 13.1 Å². The molecule has 1 aliphatic rings. The Morgan fingerprint density at radius 2 is 2.18 bits per heavy atom. The Hall–Kier alpha value is -1.17. The summed E-state index contributed by atoms with van der Waals surface area (Å²) >= 11 is 0. The number of likely N-dealkylation sites (tertiary alicyclic amines) is 1. The predicted molar refractivity (Wildman–Crippen MR) is 68.5 cm³/mol. The molecule has 0 radical (unpaired) electrons. The lowest BCUT2D eigenvalue weighted by atomic mass is 9.87. The quantitative estimate of drug-likeness (QED) is 0.656. The van der Waals surface area contributed by atoms with Gasteiger partial charge in [-0.15, -0.1) is 12.3 Å². The van der Waals surface area contributed by atoms with E-state index in [9.17, 15) is 4.79 Å². The minimum Gasteiger partial charge on any atom is -0.444 e. The first-order valence-corrected chi connectivity index (χ1v) is 6.27. The maximum Gasteiger partial charge on any atom is 0.410 e. The number of hydrogen-bond donors (Lipinski definition) is 0. The third-order valence-electron chi connectivity index (χ3n) is 3.08. The van der Waals surface area contributed by atoms with Crippen LogP contribution in [0.4, 0.5) is 4.79 Å². The minimum absolute atomic E-state index is 0.216. The van der Waals surface area contributed by atoms with Crippen molar-refractivity contribution in [3.05, 3.63) is 0 Å². The summed E-state index contributed by atoms with van der Waals surface area (Å²) in [6.07, 6.45) is 7.34. The standard InChI is InChI=1S/C14H23NO2/c1-6-11(2)12-8-7-9-15(10-12)13(16)17-14(3,4)5/h1,11-12H,7-10H2,2-5H3. The highest BCUT2D eigenvalue weighted by Gasteiger charge is 2.29. The van der Waals surface area contributed by atoms with Gasteiger partial charge in [-0.2, -0.15) is 0 Å². The number of nitrogens with zero attached hydrogens (tertiary/aromatic N) is 1. The van der Waals surface area contributed by atoms with Crippen molar-refractivity contribution >= 4 is 6.09 Å². The number of carbonyl (C=O) groups excluding carboxylic acids is 1. The van der Waals surface area contributed by atoms with Gasteiger partial charge >= 0.3 is 6.09 Å². The van der Waals surface area contributed by atoms with Crippen LogP contribution >= 0.6 is 0 Å². The van der Waals surface area contributed by atoms with Gasteiger partial charge in [-0.1, -0.05) is 6.92 Å². The molecule has 2 atom stereocenters. The minimum atomic E-state index is -0.429. The van der Waals surface area contributed by atoms with Crippen molar-refractivity contribution in [2.45, 2.75) is 46.1 Å². The normalized spacial score (nSPS) is 22.8. The molecule has 17 heavy (non-hydrogen) atoms. The van der Waals surface area contributed by atoms with Crippen LogP contribution < -0.4 is 0 Å². The zero-order valence-electron chi connectivity index (χ0n) is 11.3. The second-order valence-corrected chi connectivity index (χ2v) is 5.78. The van der Waals surface area contributed by atoms with Crippen molar-refractivity contribution in [3.63, 3.8) is 0 Å². The molecule has 0 saturated carbocycles. The molecule has 1 fully saturated rings. The molecule has 1 rings (SSSR count). The molecule has 0 N–H and O–H groups in total. The summed E-state index contributed by atoms with van der Waals surface area (Å²) in [6, 6.07) is 0. The Balaban J connectivity index is 2.55. The van der Waals surface area contributed by atoms with Gasteiger partial charge in [0.1, 0.15) is 5.60 Å². The molecule has 0 spiro atoms. The Kier molecular flexibility index (Phi) is 4.45. The SMILES string of the molecule is C#CC(C)C1CCCN(C(=O)OC(C)(C)C)C1. The highest BCUT2D eigenvalue weighted by atomic mass is 16.6. The number of terminal acetylenes is 1. The zero-order valence-corrected chi connectivity index (χ0v) is 11.3. The van der Waals surface area contributed by atoms with E-state index in [1.807, 2.05) is 27.7 Å². The van der Waals surface area contributed by atoms with Crippen molar-refractivity contribution in [2.24, 2.45) is 11.8 Å². The van der Waals surface area contributed by atoms with Gasteiger partial charge in [0.15, 0.2) is 0 Å². The highest BCUT2D eigenvalue weighted by Crippen LogP contribution is 2.24. The third kappa shape index (κ3) is 4.30. The van der Waals surface area contributed by atoms with E-state index in [-0.39, 0.29) is 12.0 Å². The number of carbonyl (C=O) groups is 1. The molecule has 1 heterocycles. The summed E-state index contributed by atoms with van der Waals surface area (Å²) in [5.74, 6) is 3.39. The predicted octanol–water partition coefficient (Wildman–Crippen LogP) is 2.90. The second kappa shape index (κ2) is 5.44. The van der Waals surface area contributed by atoms with Crippen LogP contribution in [0.2, 0.25) is 0 Å². The summed E-state index contributed by atoms with van der Waals surface area (Å²) in [4.78, 5) is 13.7. The first-order chi connectivity index (χ1) is 7.83. The van der Waals surface area contributed by atoms with Gasteiger partial charge < -0.3 is 9.64 Å². The molecule has 1 saturated heterocycles. The Morgan fingerprint density at radius 1 is 1.53 bits per heavy atom. The summed E-state index contributed by atoms with van der Waals surface area (Å²) in [6.45, 7) is 9.20. The lowest BCUT2D eigenvalue weighted by Gasteiger charge is -2.35. The largest absolute Gasteiger partial charge is 0.444 e. The van der Waals surface area contributed by atoms with Crippen molar-refractivity contribution in [1.82, 2.24) is 4.90 Å². The van der Waals surface area contributed by atoms with E-state index in [0.29, 0.717) is 5.92 Å². The maximum atomic E-state index is 11.9. The molecule has 0 bridgehead atoms. The monoisotopic (exact) mass is 237 g/mol. The third-order valence-corrected chi connectivity index (χ3v) is 3.08. The van der Waals surface area contributed by atoms with Gasteiger partial charge in [0, 0.05) is 19.0 Å². The number of ether oxygens (including phenoxy) is 1. The Bertz CT molecular complexity index is 311. The molecule has 0 aromatic heterocycles. The van der Waals surface area contributed by atoms with Crippen LogP contribution in [-0.4, -0.2) is 29.7 Å². The van der Waals surface area contributed by atoms with E-state index in [2.05, 4.69) is 5.92 Å². The van der Waals surface area contributed by atoms with Crippen LogP contribution in [-0.2, 0) is 4.74 Å². The summed E-state index contributed by atoms with van der Waals surface area (Å²) in [5.41, 5.74) is -0.429. The average molecular weight is 237 g/mol. The van der Waals surface area contributed by atoms with Crippen LogP contribution in [0, 0.1) is 24.2 Å². The number of hydrogen-bond acceptors (Lipinski definition) is 2. The van der Waals surface area contributed by atoms with Crippen LogP contribution in [0.25, 0.3) is 0 Å². The van der Waals surface area contributed by atoms with E-state index in [1.54, 1.807) is 4.90 Å². The molecule has 2 unspecified atom stereocenters. The van der Waals surface area contributed by atoms with E-state index in [4.69, 9.17) is 11.2 Å². The Morgan fingerprint density at radius 3 is 2.71 bits per heavy atom. The number of rotatable bonds is 1. The highest BCUT2D eigenvalue weighted by molar-refractivity contribution is 5.68. The van der Waals surface area contributed by atoms with Crippen LogP contribution in [0.5, 0.6) is 0 Å². The molecule has 3 heteroatoms. The van der Waals surface area contributed by atoms with Crippen LogP contribution in [0.1, 0.15) is 40.5 Å². The summed E-state index contributed by atoms with van der Waals surface area (Å²) in [7, 11) is 0. The van der Waals surface area contributed by atoms with E-state index in [0.717, 1.165) is 25.9 Å². The second-order valence-electron chi connectivity index (χ2n) is 5.78. The fourth-order valence-electron chi connectivity index (χ4n) is 2.05. The molecular weight excluding hydrogens is 214 g/mol. The lowest BCUT2D eigenvalue weighted by Crippen LogP contribution is -2.44. The first-order valence-electron chi connectivity index (χ1n) is 6.27. The Labute approximate surface area is 105 Å². The van der Waals surface area contributed by atoms with E-state index in [1.165, 1.54) is 0 Å². The molecule has 0 aromatic carbocycles.